The van der Waals surface area contributed by atoms with E-state index in [9.17, 15) is 9.90 Å². The second kappa shape index (κ2) is 3.87. The normalized spacial score (nSPS) is 31.6. The third-order valence-corrected chi connectivity index (χ3v) is 1.87. The first-order valence-electron chi connectivity index (χ1n) is 4.08. The highest BCUT2D eigenvalue weighted by Crippen LogP contribution is 2.19. The van der Waals surface area contributed by atoms with E-state index in [0.29, 0.717) is 13.0 Å². The first-order chi connectivity index (χ1) is 5.61. The first-order valence-corrected chi connectivity index (χ1v) is 4.08. The van der Waals surface area contributed by atoms with Crippen LogP contribution in [0.15, 0.2) is 0 Å². The Kier molecular flexibility index (Phi) is 3.05. The van der Waals surface area contributed by atoms with E-state index in [1.165, 1.54) is 6.92 Å². The number of aliphatic hydroxyl groups excluding tert-OH is 1. The molecule has 0 aliphatic carbocycles. The van der Waals surface area contributed by atoms with Crippen LogP contribution in [-0.2, 0) is 14.3 Å². The molecule has 4 heteroatoms. The van der Waals surface area contributed by atoms with Crippen molar-refractivity contribution >= 4 is 5.97 Å². The van der Waals surface area contributed by atoms with Crippen LogP contribution in [0.5, 0.6) is 0 Å². The van der Waals surface area contributed by atoms with Crippen LogP contribution in [0.25, 0.3) is 0 Å². The second-order valence-corrected chi connectivity index (χ2v) is 3.01. The highest BCUT2D eigenvalue weighted by atomic mass is 16.6. The van der Waals surface area contributed by atoms with Crippen LogP contribution in [0.3, 0.4) is 0 Å². The summed E-state index contributed by atoms with van der Waals surface area (Å²) in [6.45, 7) is 3.54. The maximum Gasteiger partial charge on any atom is 0.302 e. The molecule has 1 heterocycles. The zero-order valence-electron chi connectivity index (χ0n) is 7.32. The molecule has 70 valence electrons. The van der Waals surface area contributed by atoms with Gasteiger partial charge in [0.2, 0.25) is 0 Å². The molecule has 1 aliphatic heterocycles. The molecule has 1 fully saturated rings. The fourth-order valence-electron chi connectivity index (χ4n) is 1.38. The molecule has 0 aromatic rings. The van der Waals surface area contributed by atoms with Crippen LogP contribution in [0, 0.1) is 0 Å². The molecule has 0 radical (unpaired) electrons. The van der Waals surface area contributed by atoms with Crippen LogP contribution >= 0.6 is 0 Å². The number of rotatable bonds is 2. The number of esters is 1. The molecular weight excluding hydrogens is 160 g/mol. The van der Waals surface area contributed by atoms with E-state index >= 15 is 0 Å². The van der Waals surface area contributed by atoms with Gasteiger partial charge in [-0.2, -0.15) is 0 Å². The Bertz CT molecular complexity index is 166. The van der Waals surface area contributed by atoms with E-state index in [2.05, 4.69) is 0 Å². The fraction of sp³-hybridized carbons (Fsp3) is 0.875. The largest absolute Gasteiger partial charge is 0.460 e. The molecular formula is C8H14O4. The predicted octanol–water partition coefficient (Wildman–Crippen LogP) is 0.0878. The van der Waals surface area contributed by atoms with Crippen LogP contribution in [0.4, 0.5) is 0 Å². The Labute approximate surface area is 71.5 Å². The van der Waals surface area contributed by atoms with E-state index in [-0.39, 0.29) is 18.2 Å². The van der Waals surface area contributed by atoms with Gasteiger partial charge in [0.1, 0.15) is 12.2 Å². The van der Waals surface area contributed by atoms with Crippen LogP contribution in [0.1, 0.15) is 20.3 Å². The molecule has 12 heavy (non-hydrogen) atoms. The number of hydrogen-bond acceptors (Lipinski definition) is 4. The zero-order valence-corrected chi connectivity index (χ0v) is 7.32. The van der Waals surface area contributed by atoms with Crippen molar-refractivity contribution in [2.45, 2.75) is 38.6 Å². The SMILES string of the molecule is CC(=O)OC1CCOC1C(C)O. The highest BCUT2D eigenvalue weighted by molar-refractivity contribution is 5.66. The summed E-state index contributed by atoms with van der Waals surface area (Å²) in [5.74, 6) is -0.323. The van der Waals surface area contributed by atoms with E-state index < -0.39 is 6.10 Å². The van der Waals surface area contributed by atoms with Crippen molar-refractivity contribution in [1.29, 1.82) is 0 Å². The van der Waals surface area contributed by atoms with Crippen LogP contribution in [-0.4, -0.2) is 36.0 Å². The van der Waals surface area contributed by atoms with Gasteiger partial charge in [-0.15, -0.1) is 0 Å². The molecule has 0 bridgehead atoms. The Morgan fingerprint density at radius 1 is 1.75 bits per heavy atom. The molecule has 3 unspecified atom stereocenters. The molecule has 0 aromatic heterocycles. The van der Waals surface area contributed by atoms with Crippen molar-refractivity contribution in [3.63, 3.8) is 0 Å². The Balaban J connectivity index is 2.46. The molecule has 0 amide bonds. The maximum absolute atomic E-state index is 10.6. The zero-order chi connectivity index (χ0) is 9.14. The van der Waals surface area contributed by atoms with Gasteiger partial charge < -0.3 is 14.6 Å². The summed E-state index contributed by atoms with van der Waals surface area (Å²) in [4.78, 5) is 10.6. The molecule has 1 aliphatic rings. The summed E-state index contributed by atoms with van der Waals surface area (Å²) in [5, 5.41) is 9.22. The maximum atomic E-state index is 10.6. The Morgan fingerprint density at radius 2 is 2.42 bits per heavy atom. The summed E-state index contributed by atoms with van der Waals surface area (Å²) in [6.07, 6.45) is -0.539. The lowest BCUT2D eigenvalue weighted by Crippen LogP contribution is -2.35. The van der Waals surface area contributed by atoms with Gasteiger partial charge >= 0.3 is 5.97 Å². The van der Waals surface area contributed by atoms with E-state index in [4.69, 9.17) is 9.47 Å². The van der Waals surface area contributed by atoms with Crippen molar-refractivity contribution in [2.24, 2.45) is 0 Å². The van der Waals surface area contributed by atoms with Crippen LogP contribution < -0.4 is 0 Å². The molecule has 1 N–H and O–H groups in total. The van der Waals surface area contributed by atoms with Gasteiger partial charge in [0.25, 0.3) is 0 Å². The average Bonchev–Trinajstić information content (AvgIpc) is 2.33. The minimum Gasteiger partial charge on any atom is -0.460 e. The summed E-state index contributed by atoms with van der Waals surface area (Å²) in [6, 6.07) is 0. The fourth-order valence-corrected chi connectivity index (χ4v) is 1.38. The average molecular weight is 174 g/mol. The lowest BCUT2D eigenvalue weighted by molar-refractivity contribution is -0.151. The van der Waals surface area contributed by atoms with Gasteiger partial charge in [0.05, 0.1) is 12.7 Å². The number of carbonyl (C=O) groups is 1. The third kappa shape index (κ3) is 2.19. The molecule has 0 spiro atoms. The topological polar surface area (TPSA) is 55.8 Å². The summed E-state index contributed by atoms with van der Waals surface area (Å²) < 4.78 is 10.2. The third-order valence-electron chi connectivity index (χ3n) is 1.87. The van der Waals surface area contributed by atoms with Crippen LogP contribution in [0.2, 0.25) is 0 Å². The smallest absolute Gasteiger partial charge is 0.302 e. The summed E-state index contributed by atoms with van der Waals surface area (Å²) in [7, 11) is 0. The molecule has 3 atom stereocenters. The predicted molar refractivity (Wildman–Crippen MR) is 41.6 cm³/mol. The minimum absolute atomic E-state index is 0.275. The van der Waals surface area contributed by atoms with Gasteiger partial charge in [-0.3, -0.25) is 4.79 Å². The molecule has 4 nitrogen and oxygen atoms in total. The van der Waals surface area contributed by atoms with Crippen molar-refractivity contribution < 1.29 is 19.4 Å². The standard InChI is InChI=1S/C8H14O4/c1-5(9)8-7(3-4-11-8)12-6(2)10/h5,7-9H,3-4H2,1-2H3. The van der Waals surface area contributed by atoms with Gasteiger partial charge in [-0.25, -0.2) is 0 Å². The van der Waals surface area contributed by atoms with Crippen molar-refractivity contribution in [1.82, 2.24) is 0 Å². The van der Waals surface area contributed by atoms with Gasteiger partial charge in [0.15, 0.2) is 0 Å². The van der Waals surface area contributed by atoms with E-state index in [0.717, 1.165) is 0 Å². The lowest BCUT2D eigenvalue weighted by atomic mass is 10.1. The highest BCUT2D eigenvalue weighted by Gasteiger charge is 2.34. The molecule has 1 saturated heterocycles. The Hall–Kier alpha value is -0.610. The number of aliphatic hydroxyl groups is 1. The van der Waals surface area contributed by atoms with Crippen molar-refractivity contribution in [3.05, 3.63) is 0 Å². The number of hydrogen-bond donors (Lipinski definition) is 1. The van der Waals surface area contributed by atoms with E-state index in [1.807, 2.05) is 0 Å². The monoisotopic (exact) mass is 174 g/mol. The van der Waals surface area contributed by atoms with Crippen molar-refractivity contribution in [3.8, 4) is 0 Å². The molecule has 0 saturated carbocycles. The number of ether oxygens (including phenoxy) is 2. The van der Waals surface area contributed by atoms with E-state index in [1.54, 1.807) is 6.92 Å². The van der Waals surface area contributed by atoms with Gasteiger partial charge in [0, 0.05) is 13.3 Å². The quantitative estimate of drug-likeness (QED) is 0.603. The summed E-state index contributed by atoms with van der Waals surface area (Å²) in [5.41, 5.74) is 0. The van der Waals surface area contributed by atoms with Gasteiger partial charge in [-0.05, 0) is 6.92 Å². The first kappa shape index (κ1) is 9.48. The molecule has 1 rings (SSSR count). The second-order valence-electron chi connectivity index (χ2n) is 3.01. The van der Waals surface area contributed by atoms with Crippen molar-refractivity contribution in [2.75, 3.05) is 6.61 Å². The van der Waals surface area contributed by atoms with Gasteiger partial charge in [-0.1, -0.05) is 0 Å². The number of carbonyl (C=O) groups excluding carboxylic acids is 1. The molecule has 0 aromatic carbocycles. The lowest BCUT2D eigenvalue weighted by Gasteiger charge is -2.20. The Morgan fingerprint density at radius 3 is 2.92 bits per heavy atom. The minimum atomic E-state index is -0.586. The summed E-state index contributed by atoms with van der Waals surface area (Å²) >= 11 is 0.